The van der Waals surface area contributed by atoms with E-state index in [1.54, 1.807) is 11.8 Å². The fraction of sp³-hybridized carbons (Fsp3) is 0.333. The lowest BCUT2D eigenvalue weighted by Crippen LogP contribution is -1.99. The summed E-state index contributed by atoms with van der Waals surface area (Å²) >= 11 is 7.61. The first-order valence-electron chi connectivity index (χ1n) is 5.53. The Bertz CT molecular complexity index is 493. The highest BCUT2D eigenvalue weighted by Gasteiger charge is 2.10. The van der Waals surface area contributed by atoms with Gasteiger partial charge in [0.05, 0.1) is 0 Å². The third kappa shape index (κ3) is 2.82. The lowest BCUT2D eigenvalue weighted by Gasteiger charge is -2.07. The number of aryl methyl sites for hydroxylation is 1. The molecule has 0 atom stereocenters. The molecule has 0 bridgehead atoms. The molecular weight excluding hydrogens is 254 g/mol. The molecule has 3 nitrogen and oxygen atoms in total. The molecule has 0 aliphatic rings. The van der Waals surface area contributed by atoms with Crippen molar-refractivity contribution in [3.63, 3.8) is 0 Å². The fourth-order valence-electron chi connectivity index (χ4n) is 1.52. The summed E-state index contributed by atoms with van der Waals surface area (Å²) in [5.74, 6) is 1.94. The standard InChI is InChI=1S/C12H14ClN3S/c1-3-8-17-12-15-14-9(2)16(12)11-6-4-10(13)5-7-11/h4-7H,3,8H2,1-2H3. The van der Waals surface area contributed by atoms with Gasteiger partial charge in [-0.1, -0.05) is 30.3 Å². The normalized spacial score (nSPS) is 10.8. The molecular formula is C12H14ClN3S. The van der Waals surface area contributed by atoms with E-state index in [9.17, 15) is 0 Å². The average Bonchev–Trinajstić information content (AvgIpc) is 2.69. The minimum Gasteiger partial charge on any atom is -0.274 e. The molecule has 1 aromatic carbocycles. The SMILES string of the molecule is CCCSc1nnc(C)n1-c1ccc(Cl)cc1. The Morgan fingerprint density at radius 1 is 1.24 bits per heavy atom. The van der Waals surface area contributed by atoms with Gasteiger partial charge in [-0.15, -0.1) is 10.2 Å². The number of nitrogens with zero attached hydrogens (tertiary/aromatic N) is 3. The molecule has 2 rings (SSSR count). The maximum atomic E-state index is 5.89. The fourth-order valence-corrected chi connectivity index (χ4v) is 2.50. The van der Waals surface area contributed by atoms with Gasteiger partial charge < -0.3 is 0 Å². The van der Waals surface area contributed by atoms with Gasteiger partial charge in [-0.05, 0) is 37.6 Å². The highest BCUT2D eigenvalue weighted by atomic mass is 35.5. The molecule has 0 fully saturated rings. The van der Waals surface area contributed by atoms with Crippen LogP contribution in [0, 0.1) is 6.92 Å². The molecule has 0 spiro atoms. The predicted octanol–water partition coefficient (Wildman–Crippen LogP) is 3.73. The zero-order chi connectivity index (χ0) is 12.3. The topological polar surface area (TPSA) is 30.7 Å². The number of aromatic nitrogens is 3. The molecule has 0 N–H and O–H groups in total. The van der Waals surface area contributed by atoms with Gasteiger partial charge in [0, 0.05) is 16.5 Å². The van der Waals surface area contributed by atoms with Crippen LogP contribution in [-0.4, -0.2) is 20.5 Å². The van der Waals surface area contributed by atoms with Crippen molar-refractivity contribution in [3.8, 4) is 5.69 Å². The highest BCUT2D eigenvalue weighted by molar-refractivity contribution is 7.99. The summed E-state index contributed by atoms with van der Waals surface area (Å²) in [4.78, 5) is 0. The second kappa shape index (κ2) is 5.56. The van der Waals surface area contributed by atoms with E-state index in [-0.39, 0.29) is 0 Å². The summed E-state index contributed by atoms with van der Waals surface area (Å²) in [7, 11) is 0. The van der Waals surface area contributed by atoms with Crippen molar-refractivity contribution in [2.24, 2.45) is 0 Å². The van der Waals surface area contributed by atoms with Crippen molar-refractivity contribution in [1.82, 2.24) is 14.8 Å². The molecule has 2 aromatic rings. The van der Waals surface area contributed by atoms with Crippen molar-refractivity contribution in [3.05, 3.63) is 35.1 Å². The van der Waals surface area contributed by atoms with Crippen molar-refractivity contribution in [1.29, 1.82) is 0 Å². The summed E-state index contributed by atoms with van der Waals surface area (Å²) in [5.41, 5.74) is 1.05. The van der Waals surface area contributed by atoms with E-state index >= 15 is 0 Å². The van der Waals surface area contributed by atoms with Crippen LogP contribution in [0.25, 0.3) is 5.69 Å². The molecule has 0 radical (unpaired) electrons. The van der Waals surface area contributed by atoms with Gasteiger partial charge in [0.1, 0.15) is 5.82 Å². The van der Waals surface area contributed by atoms with Crippen molar-refractivity contribution in [2.75, 3.05) is 5.75 Å². The first-order chi connectivity index (χ1) is 8.22. The number of rotatable bonds is 4. The summed E-state index contributed by atoms with van der Waals surface area (Å²) in [6.07, 6.45) is 1.12. The molecule has 5 heteroatoms. The van der Waals surface area contributed by atoms with Crippen LogP contribution in [0.1, 0.15) is 19.2 Å². The van der Waals surface area contributed by atoms with Gasteiger partial charge in [-0.3, -0.25) is 4.57 Å². The van der Waals surface area contributed by atoms with Gasteiger partial charge >= 0.3 is 0 Å². The maximum Gasteiger partial charge on any atom is 0.195 e. The Kier molecular flexibility index (Phi) is 4.07. The maximum absolute atomic E-state index is 5.89. The summed E-state index contributed by atoms with van der Waals surface area (Å²) in [6.45, 7) is 4.11. The number of hydrogen-bond donors (Lipinski definition) is 0. The van der Waals surface area contributed by atoms with E-state index in [2.05, 4.69) is 21.7 Å². The lowest BCUT2D eigenvalue weighted by atomic mass is 10.3. The zero-order valence-electron chi connectivity index (χ0n) is 9.85. The van der Waals surface area contributed by atoms with Gasteiger partial charge in [-0.25, -0.2) is 0 Å². The van der Waals surface area contributed by atoms with Gasteiger partial charge in [0.25, 0.3) is 0 Å². The Balaban J connectivity index is 2.36. The largest absolute Gasteiger partial charge is 0.274 e. The lowest BCUT2D eigenvalue weighted by molar-refractivity contribution is 0.866. The van der Waals surface area contributed by atoms with Crippen LogP contribution in [-0.2, 0) is 0 Å². The van der Waals surface area contributed by atoms with E-state index in [0.717, 1.165) is 33.9 Å². The van der Waals surface area contributed by atoms with E-state index < -0.39 is 0 Å². The number of hydrogen-bond acceptors (Lipinski definition) is 3. The molecule has 0 aliphatic carbocycles. The molecule has 1 aromatic heterocycles. The Labute approximate surface area is 110 Å². The molecule has 0 aliphatic heterocycles. The average molecular weight is 268 g/mol. The highest BCUT2D eigenvalue weighted by Crippen LogP contribution is 2.23. The summed E-state index contributed by atoms with van der Waals surface area (Å²) in [6, 6.07) is 7.72. The van der Waals surface area contributed by atoms with Crippen LogP contribution in [0.5, 0.6) is 0 Å². The molecule has 0 amide bonds. The second-order valence-electron chi connectivity index (χ2n) is 3.69. The van der Waals surface area contributed by atoms with Crippen LogP contribution < -0.4 is 0 Å². The first-order valence-corrected chi connectivity index (χ1v) is 6.89. The van der Waals surface area contributed by atoms with Crippen LogP contribution in [0.2, 0.25) is 5.02 Å². The van der Waals surface area contributed by atoms with Crippen molar-refractivity contribution in [2.45, 2.75) is 25.4 Å². The molecule has 0 saturated heterocycles. The Hall–Kier alpha value is -1.00. The van der Waals surface area contributed by atoms with Gasteiger partial charge in [-0.2, -0.15) is 0 Å². The zero-order valence-corrected chi connectivity index (χ0v) is 11.4. The third-order valence-electron chi connectivity index (χ3n) is 2.32. The molecule has 90 valence electrons. The number of thioether (sulfide) groups is 1. The van der Waals surface area contributed by atoms with Crippen molar-refractivity contribution >= 4 is 23.4 Å². The summed E-state index contributed by atoms with van der Waals surface area (Å²) < 4.78 is 2.05. The van der Waals surface area contributed by atoms with E-state index in [4.69, 9.17) is 11.6 Å². The van der Waals surface area contributed by atoms with Gasteiger partial charge in [0.15, 0.2) is 5.16 Å². The smallest absolute Gasteiger partial charge is 0.195 e. The number of halogens is 1. The second-order valence-corrected chi connectivity index (χ2v) is 5.19. The minimum absolute atomic E-state index is 0.738. The minimum atomic E-state index is 0.738. The van der Waals surface area contributed by atoms with Crippen LogP contribution >= 0.6 is 23.4 Å². The predicted molar refractivity (Wildman–Crippen MR) is 72.1 cm³/mol. The number of benzene rings is 1. The van der Waals surface area contributed by atoms with E-state index in [1.807, 2.05) is 31.2 Å². The molecule has 17 heavy (non-hydrogen) atoms. The quantitative estimate of drug-likeness (QED) is 0.791. The molecule has 0 unspecified atom stereocenters. The van der Waals surface area contributed by atoms with Gasteiger partial charge in [0.2, 0.25) is 0 Å². The molecule has 1 heterocycles. The first kappa shape index (κ1) is 12.5. The Morgan fingerprint density at radius 3 is 2.59 bits per heavy atom. The van der Waals surface area contributed by atoms with Crippen LogP contribution in [0.4, 0.5) is 0 Å². The van der Waals surface area contributed by atoms with E-state index in [0.29, 0.717) is 0 Å². The van der Waals surface area contributed by atoms with Crippen molar-refractivity contribution < 1.29 is 0 Å². The monoisotopic (exact) mass is 267 g/mol. The third-order valence-corrected chi connectivity index (χ3v) is 3.70. The van der Waals surface area contributed by atoms with Crippen LogP contribution in [0.3, 0.4) is 0 Å². The molecule has 0 saturated carbocycles. The Morgan fingerprint density at radius 2 is 1.94 bits per heavy atom. The van der Waals surface area contributed by atoms with E-state index in [1.165, 1.54) is 0 Å². The van der Waals surface area contributed by atoms with Crippen LogP contribution in [0.15, 0.2) is 29.4 Å². The summed E-state index contributed by atoms with van der Waals surface area (Å²) in [5, 5.41) is 10.00.